The van der Waals surface area contributed by atoms with Crippen LogP contribution in [0.5, 0.6) is 0 Å². The van der Waals surface area contributed by atoms with E-state index in [0.717, 1.165) is 42.0 Å². The van der Waals surface area contributed by atoms with Crippen LogP contribution in [0.3, 0.4) is 0 Å². The molecule has 1 N–H and O–H groups in total. The molecule has 2 aliphatic carbocycles. The molecule has 168 valence electrons. The lowest BCUT2D eigenvalue weighted by Gasteiger charge is -2.49. The summed E-state index contributed by atoms with van der Waals surface area (Å²) in [7, 11) is 0. The summed E-state index contributed by atoms with van der Waals surface area (Å²) in [6, 6.07) is 14.8. The van der Waals surface area contributed by atoms with Crippen LogP contribution in [0.25, 0.3) is 16.9 Å². The Bertz CT molecular complexity index is 1470. The third kappa shape index (κ3) is 2.64. The number of aromatic nitrogens is 6. The number of hydrogen-bond donors (Lipinski definition) is 1. The minimum atomic E-state index is -0.195. The SMILES string of the molecule is C[C@@H]1c2oncc2C[C@]2(c3ccccc3)c3[nH]nc(-c4cnn(-c5ccncc5)c4)c3CC[C@@H]12. The third-order valence-corrected chi connectivity index (χ3v) is 7.89. The summed E-state index contributed by atoms with van der Waals surface area (Å²) in [5, 5.41) is 17.1. The van der Waals surface area contributed by atoms with Crippen molar-refractivity contribution in [2.45, 2.75) is 37.5 Å². The van der Waals surface area contributed by atoms with Crippen molar-refractivity contribution < 1.29 is 4.52 Å². The molecule has 0 amide bonds. The molecule has 7 heteroatoms. The van der Waals surface area contributed by atoms with Gasteiger partial charge < -0.3 is 4.52 Å². The first-order valence-electron chi connectivity index (χ1n) is 11.8. The van der Waals surface area contributed by atoms with Gasteiger partial charge >= 0.3 is 0 Å². The third-order valence-electron chi connectivity index (χ3n) is 7.89. The van der Waals surface area contributed by atoms with Gasteiger partial charge in [0.2, 0.25) is 0 Å². The fourth-order valence-electron chi connectivity index (χ4n) is 6.38. The molecule has 7 rings (SSSR count). The quantitative estimate of drug-likeness (QED) is 0.426. The van der Waals surface area contributed by atoms with Crippen molar-refractivity contribution in [3.05, 3.63) is 102 Å². The lowest BCUT2D eigenvalue weighted by molar-refractivity contribution is 0.190. The maximum Gasteiger partial charge on any atom is 0.143 e. The number of fused-ring (bicyclic) bond motifs is 4. The molecule has 0 saturated heterocycles. The van der Waals surface area contributed by atoms with Gasteiger partial charge in [0.15, 0.2) is 0 Å². The number of benzene rings is 1. The van der Waals surface area contributed by atoms with Crippen LogP contribution in [0.15, 0.2) is 78.0 Å². The summed E-state index contributed by atoms with van der Waals surface area (Å²) >= 11 is 0. The second-order valence-electron chi connectivity index (χ2n) is 9.47. The van der Waals surface area contributed by atoms with Crippen molar-refractivity contribution in [3.63, 3.8) is 0 Å². The van der Waals surface area contributed by atoms with E-state index in [2.05, 4.69) is 63.8 Å². The predicted molar refractivity (Wildman–Crippen MR) is 127 cm³/mol. The molecule has 0 spiro atoms. The van der Waals surface area contributed by atoms with Crippen LogP contribution in [-0.2, 0) is 18.3 Å². The molecule has 4 heterocycles. The number of nitrogens with zero attached hydrogens (tertiary/aromatic N) is 5. The van der Waals surface area contributed by atoms with Gasteiger partial charge in [-0.15, -0.1) is 0 Å². The molecular formula is C27H24N6O. The van der Waals surface area contributed by atoms with E-state index in [9.17, 15) is 0 Å². The molecule has 2 aliphatic rings. The van der Waals surface area contributed by atoms with E-state index >= 15 is 0 Å². The van der Waals surface area contributed by atoms with Gasteiger partial charge in [-0.3, -0.25) is 10.1 Å². The van der Waals surface area contributed by atoms with E-state index in [1.807, 2.05) is 29.2 Å². The predicted octanol–water partition coefficient (Wildman–Crippen LogP) is 4.85. The highest BCUT2D eigenvalue weighted by Gasteiger charge is 2.54. The molecule has 5 aromatic rings. The minimum absolute atomic E-state index is 0.195. The molecule has 0 bridgehead atoms. The number of hydrogen-bond acceptors (Lipinski definition) is 5. The maximum absolute atomic E-state index is 5.71. The molecule has 0 fully saturated rings. The Morgan fingerprint density at radius 2 is 1.94 bits per heavy atom. The van der Waals surface area contributed by atoms with Crippen molar-refractivity contribution in [1.29, 1.82) is 0 Å². The van der Waals surface area contributed by atoms with Gasteiger partial charge in [0.05, 0.1) is 29.5 Å². The Balaban J connectivity index is 1.39. The van der Waals surface area contributed by atoms with Crippen LogP contribution in [0.4, 0.5) is 0 Å². The average Bonchev–Trinajstić information content (AvgIpc) is 3.64. The Kier molecular flexibility index (Phi) is 4.15. The van der Waals surface area contributed by atoms with Gasteiger partial charge in [-0.2, -0.15) is 10.2 Å². The highest BCUT2D eigenvalue weighted by atomic mass is 16.5. The Hall–Kier alpha value is -4.00. The molecule has 0 aliphatic heterocycles. The zero-order valence-corrected chi connectivity index (χ0v) is 18.8. The lowest BCUT2D eigenvalue weighted by Crippen LogP contribution is -2.47. The van der Waals surface area contributed by atoms with E-state index in [1.54, 1.807) is 12.4 Å². The first kappa shape index (κ1) is 19.5. The largest absolute Gasteiger partial charge is 0.361 e. The van der Waals surface area contributed by atoms with Crippen molar-refractivity contribution in [2.24, 2.45) is 5.92 Å². The molecule has 3 atom stereocenters. The smallest absolute Gasteiger partial charge is 0.143 e. The number of aromatic amines is 1. The van der Waals surface area contributed by atoms with E-state index < -0.39 is 0 Å². The summed E-state index contributed by atoms with van der Waals surface area (Å²) < 4.78 is 7.59. The van der Waals surface area contributed by atoms with Gasteiger partial charge in [-0.05, 0) is 42.9 Å². The van der Waals surface area contributed by atoms with E-state index in [0.29, 0.717) is 5.92 Å². The summed E-state index contributed by atoms with van der Waals surface area (Å²) in [5.41, 5.74) is 7.83. The first-order chi connectivity index (χ1) is 16.8. The van der Waals surface area contributed by atoms with Crippen LogP contribution in [0.2, 0.25) is 0 Å². The van der Waals surface area contributed by atoms with Crippen LogP contribution < -0.4 is 0 Å². The van der Waals surface area contributed by atoms with Crippen LogP contribution >= 0.6 is 0 Å². The summed E-state index contributed by atoms with van der Waals surface area (Å²) in [5.74, 6) is 1.72. The zero-order chi connectivity index (χ0) is 22.7. The Morgan fingerprint density at radius 3 is 2.79 bits per heavy atom. The molecular weight excluding hydrogens is 424 g/mol. The van der Waals surface area contributed by atoms with Crippen molar-refractivity contribution in [3.8, 4) is 16.9 Å². The van der Waals surface area contributed by atoms with Gasteiger partial charge in [0.1, 0.15) is 5.76 Å². The zero-order valence-electron chi connectivity index (χ0n) is 18.8. The Labute approximate surface area is 196 Å². The van der Waals surface area contributed by atoms with E-state index in [1.165, 1.54) is 22.4 Å². The van der Waals surface area contributed by atoms with Gasteiger partial charge in [-0.25, -0.2) is 4.68 Å². The monoisotopic (exact) mass is 448 g/mol. The highest BCUT2D eigenvalue weighted by Crippen LogP contribution is 2.57. The number of pyridine rings is 1. The molecule has 0 unspecified atom stereocenters. The standard InChI is InChI=1S/C27H24N6O/c1-17-23-8-7-22-24(19-14-29-33(16-19)21-9-11-28-12-10-21)31-32-26(22)27(23,20-5-3-2-4-6-20)13-18-15-30-34-25(17)18/h2-6,9-12,14-17,23H,7-8,13H2,1H3,(H,31,32)/t17-,23-,27+/m0/s1. The van der Waals surface area contributed by atoms with Gasteiger partial charge in [-0.1, -0.05) is 42.4 Å². The van der Waals surface area contributed by atoms with E-state index in [-0.39, 0.29) is 11.3 Å². The van der Waals surface area contributed by atoms with Crippen LogP contribution in [0.1, 0.15) is 47.4 Å². The average molecular weight is 449 g/mol. The number of nitrogens with one attached hydrogen (secondary N) is 1. The summed E-state index contributed by atoms with van der Waals surface area (Å²) in [4.78, 5) is 4.11. The summed E-state index contributed by atoms with van der Waals surface area (Å²) in [6.45, 7) is 2.28. The molecule has 34 heavy (non-hydrogen) atoms. The lowest BCUT2D eigenvalue weighted by atomic mass is 9.53. The molecule has 0 radical (unpaired) electrons. The fourth-order valence-corrected chi connectivity index (χ4v) is 6.38. The van der Waals surface area contributed by atoms with Crippen molar-refractivity contribution in [1.82, 2.24) is 30.1 Å². The molecule has 4 aromatic heterocycles. The maximum atomic E-state index is 5.71. The molecule has 7 nitrogen and oxygen atoms in total. The van der Waals surface area contributed by atoms with Crippen LogP contribution in [0, 0.1) is 5.92 Å². The summed E-state index contributed by atoms with van der Waals surface area (Å²) in [6.07, 6.45) is 12.3. The van der Waals surface area contributed by atoms with Crippen molar-refractivity contribution in [2.75, 3.05) is 0 Å². The second-order valence-corrected chi connectivity index (χ2v) is 9.47. The molecule has 0 saturated carbocycles. The number of rotatable bonds is 3. The van der Waals surface area contributed by atoms with Gasteiger partial charge in [0.25, 0.3) is 0 Å². The van der Waals surface area contributed by atoms with Crippen molar-refractivity contribution >= 4 is 0 Å². The van der Waals surface area contributed by atoms with Crippen LogP contribution in [-0.4, -0.2) is 30.1 Å². The second kappa shape index (κ2) is 7.25. The number of H-pyrrole nitrogens is 1. The van der Waals surface area contributed by atoms with E-state index in [4.69, 9.17) is 9.62 Å². The van der Waals surface area contributed by atoms with Gasteiger partial charge in [0, 0.05) is 46.6 Å². The highest BCUT2D eigenvalue weighted by molar-refractivity contribution is 5.66. The fraction of sp³-hybridized carbons (Fsp3) is 0.259. The normalized spacial score (nSPS) is 23.2. The topological polar surface area (TPSA) is 85.4 Å². The first-order valence-corrected chi connectivity index (χ1v) is 11.8. The minimum Gasteiger partial charge on any atom is -0.361 e. The Morgan fingerprint density at radius 1 is 1.09 bits per heavy atom. The molecule has 1 aromatic carbocycles.